The topological polar surface area (TPSA) is 18.5 Å². The number of rotatable bonds is 3. The van der Waals surface area contributed by atoms with Crippen molar-refractivity contribution in [3.63, 3.8) is 0 Å². The van der Waals surface area contributed by atoms with E-state index < -0.39 is 0 Å². The number of thiocarbonyl (C=S) groups is 1. The Bertz CT molecular complexity index is 537. The van der Waals surface area contributed by atoms with Crippen LogP contribution in [0.15, 0.2) is 30.3 Å². The van der Waals surface area contributed by atoms with Gasteiger partial charge in [-0.05, 0) is 64.2 Å². The van der Waals surface area contributed by atoms with Gasteiger partial charge in [-0.2, -0.15) is 0 Å². The summed E-state index contributed by atoms with van der Waals surface area (Å²) in [6.07, 6.45) is 5.22. The van der Waals surface area contributed by atoms with Crippen molar-refractivity contribution in [2.24, 2.45) is 0 Å². The molecule has 2 fully saturated rings. The molecule has 0 aliphatic carbocycles. The zero-order valence-electron chi connectivity index (χ0n) is 15.2. The van der Waals surface area contributed by atoms with E-state index in [0.717, 1.165) is 30.3 Å². The number of nitrogens with zero attached hydrogens (tertiary/aromatic N) is 2. The molecular weight excluding hydrogens is 314 g/mol. The highest BCUT2D eigenvalue weighted by Crippen LogP contribution is 2.29. The molecule has 2 aliphatic rings. The molecule has 4 atom stereocenters. The Morgan fingerprint density at radius 3 is 2.46 bits per heavy atom. The number of nitrogens with one attached hydrogen (secondary N) is 1. The van der Waals surface area contributed by atoms with Crippen LogP contribution < -0.4 is 5.32 Å². The summed E-state index contributed by atoms with van der Waals surface area (Å²) < 4.78 is 0. The molecule has 3 nitrogen and oxygen atoms in total. The van der Waals surface area contributed by atoms with Gasteiger partial charge in [0.05, 0.1) is 6.04 Å². The van der Waals surface area contributed by atoms with Crippen LogP contribution >= 0.6 is 12.2 Å². The van der Waals surface area contributed by atoms with E-state index in [0.29, 0.717) is 6.04 Å². The zero-order chi connectivity index (χ0) is 17.1. The highest BCUT2D eigenvalue weighted by Gasteiger charge is 2.35. The standard InChI is InChI=1S/C20H31N3S/c1-15-11-12-16(2)23(15)19-10-7-13-22(14-19)20(24)21-17(3)18-8-5-4-6-9-18/h4-6,8-9,15-17,19H,7,10-14H2,1-3H3,(H,21,24)/t15-,16+,17-,19+/m0/s1. The predicted molar refractivity (Wildman–Crippen MR) is 105 cm³/mol. The van der Waals surface area contributed by atoms with Crippen molar-refractivity contribution in [1.29, 1.82) is 0 Å². The second kappa shape index (κ2) is 7.83. The van der Waals surface area contributed by atoms with Gasteiger partial charge in [0.1, 0.15) is 0 Å². The summed E-state index contributed by atoms with van der Waals surface area (Å²) in [7, 11) is 0. The number of hydrogen-bond donors (Lipinski definition) is 1. The smallest absolute Gasteiger partial charge is 0.169 e. The maximum Gasteiger partial charge on any atom is 0.169 e. The molecule has 1 aromatic rings. The molecule has 0 radical (unpaired) electrons. The first-order valence-corrected chi connectivity index (χ1v) is 9.85. The van der Waals surface area contributed by atoms with Gasteiger partial charge < -0.3 is 10.2 Å². The van der Waals surface area contributed by atoms with Gasteiger partial charge in [-0.25, -0.2) is 0 Å². The van der Waals surface area contributed by atoms with E-state index in [1.807, 2.05) is 0 Å². The van der Waals surface area contributed by atoms with Crippen molar-refractivity contribution in [3.05, 3.63) is 35.9 Å². The fourth-order valence-electron chi connectivity index (χ4n) is 4.42. The van der Waals surface area contributed by atoms with Crippen LogP contribution in [-0.4, -0.2) is 46.1 Å². The van der Waals surface area contributed by atoms with Crippen molar-refractivity contribution in [2.75, 3.05) is 13.1 Å². The van der Waals surface area contributed by atoms with Gasteiger partial charge in [-0.3, -0.25) is 4.90 Å². The number of likely N-dealkylation sites (tertiary alicyclic amines) is 2. The Morgan fingerprint density at radius 2 is 1.79 bits per heavy atom. The molecule has 2 saturated heterocycles. The summed E-state index contributed by atoms with van der Waals surface area (Å²) >= 11 is 5.73. The summed E-state index contributed by atoms with van der Waals surface area (Å²) in [4.78, 5) is 5.14. The molecule has 2 heterocycles. The summed E-state index contributed by atoms with van der Waals surface area (Å²) in [5.74, 6) is 0. The van der Waals surface area contributed by atoms with E-state index in [-0.39, 0.29) is 6.04 Å². The van der Waals surface area contributed by atoms with Crippen molar-refractivity contribution in [1.82, 2.24) is 15.1 Å². The van der Waals surface area contributed by atoms with Gasteiger partial charge in [-0.15, -0.1) is 0 Å². The lowest BCUT2D eigenvalue weighted by Crippen LogP contribution is -2.54. The summed E-state index contributed by atoms with van der Waals surface area (Å²) in [6.45, 7) is 9.11. The van der Waals surface area contributed by atoms with Gasteiger partial charge >= 0.3 is 0 Å². The maximum atomic E-state index is 5.73. The van der Waals surface area contributed by atoms with E-state index in [1.165, 1.54) is 31.2 Å². The molecule has 1 N–H and O–H groups in total. The lowest BCUT2D eigenvalue weighted by atomic mass is 10.0. The minimum absolute atomic E-state index is 0.253. The normalized spacial score (nSPS) is 29.5. The molecule has 1 aromatic carbocycles. The number of piperidine rings is 1. The van der Waals surface area contributed by atoms with Gasteiger partial charge in [0, 0.05) is 31.2 Å². The van der Waals surface area contributed by atoms with Crippen LogP contribution in [0.1, 0.15) is 58.1 Å². The molecule has 2 aliphatic heterocycles. The fourth-order valence-corrected chi connectivity index (χ4v) is 4.76. The highest BCUT2D eigenvalue weighted by atomic mass is 32.1. The maximum absolute atomic E-state index is 5.73. The number of benzene rings is 1. The summed E-state index contributed by atoms with van der Waals surface area (Å²) in [5.41, 5.74) is 1.29. The second-order valence-electron chi connectivity index (χ2n) is 7.55. The third-order valence-electron chi connectivity index (χ3n) is 5.77. The van der Waals surface area contributed by atoms with Crippen LogP contribution in [0.2, 0.25) is 0 Å². The van der Waals surface area contributed by atoms with Gasteiger partial charge in [0.2, 0.25) is 0 Å². The predicted octanol–water partition coefficient (Wildman–Crippen LogP) is 3.96. The zero-order valence-corrected chi connectivity index (χ0v) is 16.1. The third-order valence-corrected chi connectivity index (χ3v) is 6.14. The third kappa shape index (κ3) is 3.92. The van der Waals surface area contributed by atoms with Crippen molar-refractivity contribution >= 4 is 17.3 Å². The Hall–Kier alpha value is -1.13. The molecule has 0 aromatic heterocycles. The monoisotopic (exact) mass is 345 g/mol. The molecule has 0 spiro atoms. The van der Waals surface area contributed by atoms with Crippen molar-refractivity contribution in [2.45, 2.75) is 70.6 Å². The van der Waals surface area contributed by atoms with Crippen LogP contribution in [-0.2, 0) is 0 Å². The first kappa shape index (κ1) is 17.7. The molecule has 24 heavy (non-hydrogen) atoms. The molecule has 0 unspecified atom stereocenters. The minimum Gasteiger partial charge on any atom is -0.356 e. The largest absolute Gasteiger partial charge is 0.356 e. The fraction of sp³-hybridized carbons (Fsp3) is 0.650. The SMILES string of the molecule is C[C@H](NC(=S)N1CCC[C@@H](N2[C@H](C)CC[C@@H]2C)C1)c1ccccc1. The van der Waals surface area contributed by atoms with Gasteiger partial charge in [0.25, 0.3) is 0 Å². The van der Waals surface area contributed by atoms with Crippen LogP contribution in [0, 0.1) is 0 Å². The van der Waals surface area contributed by atoms with Crippen LogP contribution in [0.4, 0.5) is 0 Å². The second-order valence-corrected chi connectivity index (χ2v) is 7.93. The van der Waals surface area contributed by atoms with E-state index in [2.05, 4.69) is 66.2 Å². The van der Waals surface area contributed by atoms with Crippen LogP contribution in [0.25, 0.3) is 0 Å². The Labute approximate surface area is 152 Å². The molecule has 132 valence electrons. The Morgan fingerprint density at radius 1 is 1.12 bits per heavy atom. The van der Waals surface area contributed by atoms with Gasteiger partial charge in [-0.1, -0.05) is 30.3 Å². The molecular formula is C20H31N3S. The Kier molecular flexibility index (Phi) is 5.77. The molecule has 0 bridgehead atoms. The average molecular weight is 346 g/mol. The quantitative estimate of drug-likeness (QED) is 0.836. The summed E-state index contributed by atoms with van der Waals surface area (Å²) in [6, 6.07) is 12.9. The molecule has 0 saturated carbocycles. The molecule has 0 amide bonds. The van der Waals surface area contributed by atoms with Crippen molar-refractivity contribution < 1.29 is 0 Å². The van der Waals surface area contributed by atoms with E-state index in [9.17, 15) is 0 Å². The summed E-state index contributed by atoms with van der Waals surface area (Å²) in [5, 5.41) is 4.45. The first-order chi connectivity index (χ1) is 11.6. The lowest BCUT2D eigenvalue weighted by molar-refractivity contribution is 0.0939. The van der Waals surface area contributed by atoms with Gasteiger partial charge in [0.15, 0.2) is 5.11 Å². The first-order valence-electron chi connectivity index (χ1n) is 9.44. The van der Waals surface area contributed by atoms with Crippen LogP contribution in [0.5, 0.6) is 0 Å². The van der Waals surface area contributed by atoms with E-state index >= 15 is 0 Å². The lowest BCUT2D eigenvalue weighted by Gasteiger charge is -2.42. The molecule has 4 heteroatoms. The highest BCUT2D eigenvalue weighted by molar-refractivity contribution is 7.80. The van der Waals surface area contributed by atoms with Crippen LogP contribution in [0.3, 0.4) is 0 Å². The van der Waals surface area contributed by atoms with Crippen molar-refractivity contribution in [3.8, 4) is 0 Å². The Balaban J connectivity index is 1.59. The average Bonchev–Trinajstić information content (AvgIpc) is 2.94. The van der Waals surface area contributed by atoms with E-state index in [1.54, 1.807) is 0 Å². The number of hydrogen-bond acceptors (Lipinski definition) is 2. The minimum atomic E-state index is 0.253. The van der Waals surface area contributed by atoms with E-state index in [4.69, 9.17) is 12.2 Å². The molecule has 3 rings (SSSR count).